The number of rotatable bonds is 4. The van der Waals surface area contributed by atoms with Crippen LogP contribution in [0, 0.1) is 0 Å². The summed E-state index contributed by atoms with van der Waals surface area (Å²) >= 11 is 0. The average molecular weight is 349 g/mol. The van der Waals surface area contributed by atoms with Crippen molar-refractivity contribution in [2.75, 3.05) is 33.4 Å². The van der Waals surface area contributed by atoms with Crippen molar-refractivity contribution in [3.05, 3.63) is 71.8 Å². The lowest BCUT2D eigenvalue weighted by Crippen LogP contribution is -2.39. The second-order valence-corrected chi connectivity index (χ2v) is 6.58. The topological polar surface area (TPSA) is 41.9 Å². The number of hydrogen-bond acceptors (Lipinski definition) is 4. The van der Waals surface area contributed by atoms with E-state index in [0.717, 1.165) is 48.4 Å². The normalized spacial score (nSPS) is 16.5. The van der Waals surface area contributed by atoms with Gasteiger partial charge >= 0.3 is 0 Å². The van der Waals surface area contributed by atoms with Crippen molar-refractivity contribution >= 4 is 10.8 Å². The number of benzene rings is 3. The Morgan fingerprint density at radius 1 is 0.962 bits per heavy atom. The lowest BCUT2D eigenvalue weighted by Gasteiger charge is -2.35. The molecule has 1 atom stereocenters. The highest BCUT2D eigenvalue weighted by molar-refractivity contribution is 5.84. The molecule has 0 amide bonds. The Bertz CT molecular complexity index is 903. The maximum atomic E-state index is 10.5. The van der Waals surface area contributed by atoms with E-state index in [0.29, 0.717) is 5.75 Å². The van der Waals surface area contributed by atoms with Gasteiger partial charge in [-0.2, -0.15) is 0 Å². The number of aromatic hydroxyl groups is 1. The van der Waals surface area contributed by atoms with Gasteiger partial charge in [0.15, 0.2) is 0 Å². The average Bonchev–Trinajstić information content (AvgIpc) is 2.70. The number of phenolic OH excluding ortho intramolecular Hbond substituents is 1. The van der Waals surface area contributed by atoms with Gasteiger partial charge in [0.1, 0.15) is 11.5 Å². The molecule has 3 aromatic rings. The van der Waals surface area contributed by atoms with Crippen molar-refractivity contribution in [2.24, 2.45) is 0 Å². The summed E-state index contributed by atoms with van der Waals surface area (Å²) in [5, 5.41) is 12.8. The number of morpholine rings is 1. The zero-order valence-electron chi connectivity index (χ0n) is 14.9. The van der Waals surface area contributed by atoms with Gasteiger partial charge in [-0.25, -0.2) is 0 Å². The van der Waals surface area contributed by atoms with Crippen molar-refractivity contribution < 1.29 is 14.6 Å². The van der Waals surface area contributed by atoms with Crippen LogP contribution in [0.25, 0.3) is 10.8 Å². The van der Waals surface area contributed by atoms with E-state index in [1.165, 1.54) is 5.56 Å². The number of methoxy groups -OCH3 is 1. The van der Waals surface area contributed by atoms with Crippen LogP contribution in [0.5, 0.6) is 11.5 Å². The molecule has 0 spiro atoms. The molecule has 1 heterocycles. The number of para-hydroxylation sites is 1. The first-order valence-electron chi connectivity index (χ1n) is 8.93. The molecule has 1 fully saturated rings. The lowest BCUT2D eigenvalue weighted by atomic mass is 9.94. The summed E-state index contributed by atoms with van der Waals surface area (Å²) in [5.41, 5.74) is 2.10. The number of nitrogens with zero attached hydrogens (tertiary/aromatic N) is 1. The predicted molar refractivity (Wildman–Crippen MR) is 103 cm³/mol. The van der Waals surface area contributed by atoms with E-state index in [1.54, 1.807) is 13.2 Å². The minimum Gasteiger partial charge on any atom is -0.508 e. The van der Waals surface area contributed by atoms with Gasteiger partial charge in [0.05, 0.1) is 26.4 Å². The molecule has 1 N–H and O–H groups in total. The standard InChI is InChI=1S/C22H23NO3/c1-25-19-9-8-16-14-18(7-6-17(16)15-19)22(23-10-12-26-13-11-23)20-4-2-3-5-21(20)24/h2-9,14-15,22,24H,10-13H2,1H3. The third kappa shape index (κ3) is 3.26. The van der Waals surface area contributed by atoms with E-state index in [-0.39, 0.29) is 6.04 Å². The smallest absolute Gasteiger partial charge is 0.120 e. The molecule has 4 nitrogen and oxygen atoms in total. The summed E-state index contributed by atoms with van der Waals surface area (Å²) in [5.74, 6) is 1.19. The zero-order chi connectivity index (χ0) is 17.9. The highest BCUT2D eigenvalue weighted by atomic mass is 16.5. The van der Waals surface area contributed by atoms with Crippen molar-refractivity contribution in [3.8, 4) is 11.5 Å². The van der Waals surface area contributed by atoms with E-state index >= 15 is 0 Å². The second-order valence-electron chi connectivity index (χ2n) is 6.58. The SMILES string of the molecule is COc1ccc2cc(C(c3ccccc3O)N3CCOCC3)ccc2c1. The van der Waals surface area contributed by atoms with Gasteiger partial charge < -0.3 is 14.6 Å². The van der Waals surface area contributed by atoms with Crippen LogP contribution in [0.1, 0.15) is 17.2 Å². The van der Waals surface area contributed by atoms with Gasteiger partial charge in [0.2, 0.25) is 0 Å². The van der Waals surface area contributed by atoms with E-state index in [1.807, 2.05) is 30.3 Å². The Hall–Kier alpha value is -2.56. The van der Waals surface area contributed by atoms with Gasteiger partial charge in [-0.1, -0.05) is 36.4 Å². The van der Waals surface area contributed by atoms with Crippen molar-refractivity contribution in [3.63, 3.8) is 0 Å². The number of phenols is 1. The highest BCUT2D eigenvalue weighted by Gasteiger charge is 2.26. The molecule has 0 aromatic heterocycles. The number of hydrogen-bond donors (Lipinski definition) is 1. The molecule has 0 saturated carbocycles. The van der Waals surface area contributed by atoms with Gasteiger partial charge in [0, 0.05) is 18.7 Å². The molecule has 1 aliphatic rings. The Morgan fingerprint density at radius 2 is 1.69 bits per heavy atom. The van der Waals surface area contributed by atoms with Crippen molar-refractivity contribution in [1.29, 1.82) is 0 Å². The first-order valence-corrected chi connectivity index (χ1v) is 8.93. The van der Waals surface area contributed by atoms with Gasteiger partial charge in [-0.05, 0) is 40.6 Å². The van der Waals surface area contributed by atoms with E-state index < -0.39 is 0 Å². The van der Waals surface area contributed by atoms with Crippen LogP contribution in [-0.2, 0) is 4.74 Å². The largest absolute Gasteiger partial charge is 0.508 e. The third-order valence-electron chi connectivity index (χ3n) is 5.03. The Morgan fingerprint density at radius 3 is 2.46 bits per heavy atom. The molecule has 0 aliphatic carbocycles. The molecule has 3 aromatic carbocycles. The number of ether oxygens (including phenoxy) is 2. The molecule has 1 aliphatic heterocycles. The minimum atomic E-state index is 0.00611. The summed E-state index contributed by atoms with van der Waals surface area (Å²) in [6.45, 7) is 3.13. The monoisotopic (exact) mass is 349 g/mol. The molecule has 0 radical (unpaired) electrons. The first kappa shape index (κ1) is 16.9. The fourth-order valence-corrected chi connectivity index (χ4v) is 3.68. The molecular formula is C22H23NO3. The molecule has 4 rings (SSSR count). The summed E-state index contributed by atoms with van der Waals surface area (Å²) in [7, 11) is 1.68. The molecule has 4 heteroatoms. The van der Waals surface area contributed by atoms with Crippen LogP contribution in [0.2, 0.25) is 0 Å². The van der Waals surface area contributed by atoms with Crippen molar-refractivity contribution in [1.82, 2.24) is 4.90 Å². The molecular weight excluding hydrogens is 326 g/mol. The van der Waals surface area contributed by atoms with Crippen LogP contribution in [-0.4, -0.2) is 43.4 Å². The quantitative estimate of drug-likeness (QED) is 0.774. The molecule has 0 bridgehead atoms. The predicted octanol–water partition coefficient (Wildman–Crippen LogP) is 3.98. The summed E-state index contributed by atoms with van der Waals surface area (Å²) < 4.78 is 10.9. The number of fused-ring (bicyclic) bond motifs is 1. The fraction of sp³-hybridized carbons (Fsp3) is 0.273. The van der Waals surface area contributed by atoms with Gasteiger partial charge in [0.25, 0.3) is 0 Å². The van der Waals surface area contributed by atoms with Crippen molar-refractivity contribution in [2.45, 2.75) is 6.04 Å². The van der Waals surface area contributed by atoms with E-state index in [4.69, 9.17) is 9.47 Å². The molecule has 26 heavy (non-hydrogen) atoms. The second kappa shape index (κ2) is 7.36. The molecule has 1 saturated heterocycles. The third-order valence-corrected chi connectivity index (χ3v) is 5.03. The molecule has 1 unspecified atom stereocenters. The van der Waals surface area contributed by atoms with Crippen LogP contribution in [0.4, 0.5) is 0 Å². The zero-order valence-corrected chi connectivity index (χ0v) is 14.9. The van der Waals surface area contributed by atoms with E-state index in [9.17, 15) is 5.11 Å². The summed E-state index contributed by atoms with van der Waals surface area (Å²) in [4.78, 5) is 2.38. The maximum absolute atomic E-state index is 10.5. The minimum absolute atomic E-state index is 0.00611. The van der Waals surface area contributed by atoms with Crippen LogP contribution < -0.4 is 4.74 Å². The molecule has 134 valence electrons. The Kier molecular flexibility index (Phi) is 4.78. The van der Waals surface area contributed by atoms with E-state index in [2.05, 4.69) is 29.2 Å². The van der Waals surface area contributed by atoms with Crippen LogP contribution in [0.3, 0.4) is 0 Å². The van der Waals surface area contributed by atoms with Gasteiger partial charge in [-0.15, -0.1) is 0 Å². The summed E-state index contributed by atoms with van der Waals surface area (Å²) in [6.07, 6.45) is 0. The van der Waals surface area contributed by atoms with Crippen LogP contribution >= 0.6 is 0 Å². The highest BCUT2D eigenvalue weighted by Crippen LogP contribution is 2.36. The Labute approximate surface area is 153 Å². The maximum Gasteiger partial charge on any atom is 0.120 e. The first-order chi connectivity index (χ1) is 12.8. The summed E-state index contributed by atoms with van der Waals surface area (Å²) in [6, 6.07) is 20.2. The van der Waals surface area contributed by atoms with Gasteiger partial charge in [-0.3, -0.25) is 4.90 Å². The lowest BCUT2D eigenvalue weighted by molar-refractivity contribution is 0.0236. The van der Waals surface area contributed by atoms with Crippen LogP contribution in [0.15, 0.2) is 60.7 Å². The Balaban J connectivity index is 1.80. The fourth-order valence-electron chi connectivity index (χ4n) is 3.68.